The normalized spacial score (nSPS) is 17.3. The highest BCUT2D eigenvalue weighted by Crippen LogP contribution is 2.39. The highest BCUT2D eigenvalue weighted by molar-refractivity contribution is 7.70. The number of amides is 3. The number of likely N-dealkylation sites (tertiary alicyclic amines) is 1. The number of benzene rings is 3. The fourth-order valence-electron chi connectivity index (χ4n) is 9.24. The maximum Gasteiger partial charge on any atom is 0.246 e. The minimum atomic E-state index is -2.56. The Labute approximate surface area is 433 Å². The molecule has 4 heterocycles. The predicted octanol–water partition coefficient (Wildman–Crippen LogP) is 8.75. The summed E-state index contributed by atoms with van der Waals surface area (Å²) < 4.78 is 18.7. The third kappa shape index (κ3) is 13.9. The molecule has 386 valence electrons. The van der Waals surface area contributed by atoms with Crippen LogP contribution in [0.3, 0.4) is 0 Å². The molecule has 0 radical (unpaired) electrons. The Bertz CT molecular complexity index is 2720. The van der Waals surface area contributed by atoms with Crippen molar-refractivity contribution in [1.29, 1.82) is 0 Å². The van der Waals surface area contributed by atoms with E-state index in [-0.39, 0.29) is 36.7 Å². The summed E-state index contributed by atoms with van der Waals surface area (Å²) in [6.45, 7) is 17.6. The molecule has 5 N–H and O–H groups in total. The van der Waals surface area contributed by atoms with Gasteiger partial charge in [0.2, 0.25) is 23.7 Å². The van der Waals surface area contributed by atoms with E-state index in [0.717, 1.165) is 79.4 Å². The Balaban J connectivity index is 0.827. The highest BCUT2D eigenvalue weighted by atomic mass is 35.5. The summed E-state index contributed by atoms with van der Waals surface area (Å²) >= 11 is 8.07. The van der Waals surface area contributed by atoms with Crippen molar-refractivity contribution in [3.05, 3.63) is 94.7 Å². The first-order valence-electron chi connectivity index (χ1n) is 24.7. The summed E-state index contributed by atoms with van der Waals surface area (Å²) in [5.74, 6) is 0.458. The van der Waals surface area contributed by atoms with Crippen molar-refractivity contribution in [2.24, 2.45) is 5.41 Å². The number of nitrogens with one attached hydrogen (secondary N) is 4. The summed E-state index contributed by atoms with van der Waals surface area (Å²) in [4.78, 5) is 61.9. The molecule has 4 unspecified atom stereocenters. The fourth-order valence-corrected chi connectivity index (χ4v) is 11.4. The van der Waals surface area contributed by atoms with Gasteiger partial charge in [-0.25, -0.2) is 9.97 Å². The van der Waals surface area contributed by atoms with Crippen molar-refractivity contribution in [2.75, 3.05) is 75.2 Å². The average Bonchev–Trinajstić information content (AvgIpc) is 3.97. The van der Waals surface area contributed by atoms with Gasteiger partial charge in [0.1, 0.15) is 30.0 Å². The van der Waals surface area contributed by atoms with Crippen molar-refractivity contribution in [3.63, 3.8) is 0 Å². The molecule has 2 saturated heterocycles. The van der Waals surface area contributed by atoms with Crippen molar-refractivity contribution in [3.8, 4) is 16.2 Å². The number of nitrogens with zero attached hydrogens (tertiary/aromatic N) is 6. The van der Waals surface area contributed by atoms with E-state index in [4.69, 9.17) is 16.3 Å². The van der Waals surface area contributed by atoms with E-state index >= 15 is 0 Å². The minimum Gasteiger partial charge on any atom is -0.494 e. The molecule has 2 aromatic heterocycles. The monoisotopic (exact) mass is 1040 g/mol. The molecular weight excluding hydrogens is 971 g/mol. The number of ether oxygens (including phenoxy) is 1. The second-order valence-electron chi connectivity index (χ2n) is 20.3. The molecule has 16 nitrogen and oxygen atoms in total. The van der Waals surface area contributed by atoms with E-state index in [0.29, 0.717) is 52.1 Å². The smallest absolute Gasteiger partial charge is 0.246 e. The maximum atomic E-state index is 14.2. The second kappa shape index (κ2) is 24.0. The molecule has 4 atom stereocenters. The van der Waals surface area contributed by atoms with E-state index in [2.05, 4.69) is 52.1 Å². The predicted molar refractivity (Wildman–Crippen MR) is 290 cm³/mol. The van der Waals surface area contributed by atoms with Gasteiger partial charge in [-0.2, -0.15) is 4.98 Å². The number of para-hydroxylation sites is 1. The average molecular weight is 1040 g/mol. The molecule has 7 rings (SSSR count). The third-order valence-corrected chi connectivity index (χ3v) is 16.1. The quantitative estimate of drug-likeness (QED) is 0.0367. The van der Waals surface area contributed by atoms with Crippen molar-refractivity contribution in [1.82, 2.24) is 35.4 Å². The third-order valence-electron chi connectivity index (χ3n) is 13.3. The van der Waals surface area contributed by atoms with Gasteiger partial charge in [-0.05, 0) is 87.4 Å². The number of aliphatic hydroxyl groups excluding tert-OH is 1. The van der Waals surface area contributed by atoms with Crippen LogP contribution in [0.25, 0.3) is 10.4 Å². The summed E-state index contributed by atoms with van der Waals surface area (Å²) in [6.07, 6.45) is 4.69. The second-order valence-corrected chi connectivity index (χ2v) is 24.7. The van der Waals surface area contributed by atoms with E-state index in [1.54, 1.807) is 31.8 Å². The maximum absolute atomic E-state index is 14.2. The van der Waals surface area contributed by atoms with Crippen molar-refractivity contribution in [2.45, 2.75) is 97.4 Å². The molecule has 3 amide bonds. The molecule has 0 saturated carbocycles. The van der Waals surface area contributed by atoms with Gasteiger partial charge in [-0.15, -0.1) is 11.3 Å². The molecule has 2 aliphatic heterocycles. The number of halogens is 1. The molecular formula is C53H70ClN10O6PS. The lowest BCUT2D eigenvalue weighted by Gasteiger charge is -2.36. The minimum absolute atomic E-state index is 0.0241. The molecule has 5 aromatic rings. The van der Waals surface area contributed by atoms with Crippen LogP contribution >= 0.6 is 30.1 Å². The number of unbranched alkanes of at least 4 members (excludes halogenated alkanes) is 3. The lowest BCUT2D eigenvalue weighted by atomic mass is 9.85. The lowest BCUT2D eigenvalue weighted by molar-refractivity contribution is -0.144. The number of hydrogen-bond acceptors (Lipinski definition) is 14. The van der Waals surface area contributed by atoms with Crippen molar-refractivity contribution < 1.29 is 28.8 Å². The van der Waals surface area contributed by atoms with Crippen LogP contribution in [0.2, 0.25) is 5.02 Å². The zero-order chi connectivity index (χ0) is 51.7. The summed E-state index contributed by atoms with van der Waals surface area (Å²) in [5, 5.41) is 24.3. The highest BCUT2D eigenvalue weighted by Gasteiger charge is 2.44. The van der Waals surface area contributed by atoms with E-state index in [1.165, 1.54) is 11.1 Å². The molecule has 72 heavy (non-hydrogen) atoms. The largest absolute Gasteiger partial charge is 0.494 e. The molecule has 0 aliphatic carbocycles. The number of carbonyl (C=O) groups excluding carboxylic acids is 3. The number of aryl methyl sites for hydroxylation is 1. The summed E-state index contributed by atoms with van der Waals surface area (Å²) in [6, 6.07) is 19.4. The number of aromatic nitrogens is 3. The van der Waals surface area contributed by atoms with Crippen LogP contribution in [-0.2, 0) is 18.9 Å². The van der Waals surface area contributed by atoms with Crippen LogP contribution in [0.5, 0.6) is 5.75 Å². The van der Waals surface area contributed by atoms with Gasteiger partial charge >= 0.3 is 0 Å². The first-order chi connectivity index (χ1) is 34.3. The zero-order valence-electron chi connectivity index (χ0n) is 42.7. The molecule has 2 aliphatic rings. The number of β-amino-alcohol motifs (C(OH)–C–C–N with tert-alkyl or cyclic N) is 1. The van der Waals surface area contributed by atoms with Crippen LogP contribution in [0, 0.1) is 12.3 Å². The Hall–Kier alpha value is -5.58. The number of thiazole rings is 1. The van der Waals surface area contributed by atoms with Crippen LogP contribution in [0.1, 0.15) is 83.5 Å². The van der Waals surface area contributed by atoms with Gasteiger partial charge in [0.15, 0.2) is 5.82 Å². The number of methoxy groups -OCH3 is 1. The van der Waals surface area contributed by atoms with Crippen LogP contribution in [0.15, 0.2) is 78.4 Å². The van der Waals surface area contributed by atoms with Crippen LogP contribution < -0.4 is 36.2 Å². The number of carbonyl (C=O) groups is 3. The molecule has 0 bridgehead atoms. The number of rotatable bonds is 20. The Morgan fingerprint density at radius 2 is 1.65 bits per heavy atom. The van der Waals surface area contributed by atoms with Gasteiger partial charge < -0.3 is 45.5 Å². The van der Waals surface area contributed by atoms with Gasteiger partial charge in [-0.3, -0.25) is 19.3 Å². The Morgan fingerprint density at radius 1 is 0.931 bits per heavy atom. The molecule has 19 heteroatoms. The number of aliphatic hydroxyl groups is 1. The lowest BCUT2D eigenvalue weighted by Crippen LogP contribution is -2.57. The first-order valence-corrected chi connectivity index (χ1v) is 28.6. The topological polar surface area (TPSA) is 194 Å². The van der Waals surface area contributed by atoms with Crippen molar-refractivity contribution >= 4 is 81.9 Å². The van der Waals surface area contributed by atoms with Gasteiger partial charge in [0.25, 0.3) is 0 Å². The first kappa shape index (κ1) is 54.2. The van der Waals surface area contributed by atoms with Crippen LogP contribution in [0.4, 0.5) is 28.8 Å². The Kier molecular flexibility index (Phi) is 18.0. The van der Waals surface area contributed by atoms with Crippen LogP contribution in [-0.4, -0.2) is 125 Å². The van der Waals surface area contributed by atoms with E-state index in [9.17, 15) is 24.1 Å². The van der Waals surface area contributed by atoms with Gasteiger partial charge in [-0.1, -0.05) is 81.6 Å². The summed E-state index contributed by atoms with van der Waals surface area (Å²) in [5.41, 5.74) is 6.58. The Morgan fingerprint density at radius 3 is 2.33 bits per heavy atom. The SMILES string of the molecule is COc1cc(N2CCN(CCCCCCC(=O)NC(C(=O)N3CC(O)CC3C(=O)NC(C)c3ccc(-c4scnc4C)cc3)C(C)(C)C)CC2)ccc1Nc1ncc(Cl)c(Nc2ccccc2P(C)(C)=O)n1. The number of hydrogen-bond donors (Lipinski definition) is 5. The molecule has 2 fully saturated rings. The van der Waals surface area contributed by atoms with Gasteiger partial charge in [0, 0.05) is 62.6 Å². The summed E-state index contributed by atoms with van der Waals surface area (Å²) in [7, 11) is -0.932. The van der Waals surface area contributed by atoms with Gasteiger partial charge in [0.05, 0.1) is 52.9 Å². The van der Waals surface area contributed by atoms with E-state index < -0.39 is 30.7 Å². The zero-order valence-corrected chi connectivity index (χ0v) is 45.2. The number of piperazine rings is 1. The standard InChI is InChI=1S/C53H70ClN10O6PS/c1-34(36-18-20-37(21-19-36)47-35(2)56-33-72-47)57-50(67)43-30-39(65)32-64(43)51(68)48(53(3,4)5)60-46(66)17-11-9-10-14-24-62-25-27-63(28-26-62)38-22-23-41(44(29-38)70-6)59-52-55-31-40(54)49(61-52)58-42-15-12-13-16-45(42)71(7,8)69/h12-13,15-16,18-23,29,31,33-34,39,43,48,65H,9-11,14,17,24-28,30,32H2,1-8H3,(H,57,67)(H,60,66)(H2,55,58,59,61). The number of anilines is 5. The van der Waals surface area contributed by atoms with E-state index in [1.807, 2.05) is 101 Å². The molecule has 3 aromatic carbocycles. The fraction of sp³-hybridized carbons (Fsp3) is 0.472. The molecule has 0 spiro atoms.